The van der Waals surface area contributed by atoms with Gasteiger partial charge in [0.05, 0.1) is 15.7 Å². The van der Waals surface area contributed by atoms with Crippen molar-refractivity contribution in [3.05, 3.63) is 29.8 Å². The quantitative estimate of drug-likeness (QED) is 0.872. The van der Waals surface area contributed by atoms with E-state index in [9.17, 15) is 26.4 Å². The van der Waals surface area contributed by atoms with E-state index in [1.807, 2.05) is 0 Å². The fraction of sp³-hybridized carbons (Fsp3) is 0.562. The lowest BCUT2D eigenvalue weighted by Gasteiger charge is -2.35. The summed E-state index contributed by atoms with van der Waals surface area (Å²) in [6.07, 6.45) is -4.98. The number of alkyl halides is 3. The van der Waals surface area contributed by atoms with Gasteiger partial charge in [-0.1, -0.05) is 6.07 Å². The van der Waals surface area contributed by atoms with Crippen molar-refractivity contribution in [2.24, 2.45) is 0 Å². The van der Waals surface area contributed by atoms with E-state index in [0.717, 1.165) is 18.2 Å². The maximum absolute atomic E-state index is 12.7. The zero-order chi connectivity index (χ0) is 19.0. The van der Waals surface area contributed by atoms with Gasteiger partial charge >= 0.3 is 12.3 Å². The molecule has 0 saturated heterocycles. The van der Waals surface area contributed by atoms with Crippen LogP contribution in [-0.4, -0.2) is 31.4 Å². The molecule has 5 nitrogen and oxygen atoms in total. The first-order valence-corrected chi connectivity index (χ1v) is 9.24. The maximum Gasteiger partial charge on any atom is 0.416 e. The molecule has 0 atom stereocenters. The van der Waals surface area contributed by atoms with Crippen LogP contribution in [-0.2, 0) is 20.8 Å². The van der Waals surface area contributed by atoms with Crippen LogP contribution in [0.2, 0.25) is 0 Å². The lowest BCUT2D eigenvalue weighted by atomic mass is 9.92. The van der Waals surface area contributed by atoms with Crippen molar-refractivity contribution in [2.75, 3.05) is 0 Å². The highest BCUT2D eigenvalue weighted by Crippen LogP contribution is 2.35. The number of carbonyl (C=O) groups is 1. The van der Waals surface area contributed by atoms with E-state index in [-0.39, 0.29) is 23.8 Å². The predicted octanol–water partition coefficient (Wildman–Crippen LogP) is 3.53. The number of carbonyl (C=O) groups excluding carboxylic acids is 1. The Labute approximate surface area is 144 Å². The second-order valence-electron chi connectivity index (χ2n) is 7.01. The fourth-order valence-corrected chi connectivity index (χ4v) is 4.37. The summed E-state index contributed by atoms with van der Waals surface area (Å²) in [6, 6.07) is 3.32. The Bertz CT molecular complexity index is 747. The lowest BCUT2D eigenvalue weighted by molar-refractivity contribution is -0.137. The summed E-state index contributed by atoms with van der Waals surface area (Å²) < 4.78 is 68.2. The van der Waals surface area contributed by atoms with E-state index < -0.39 is 38.5 Å². The molecular weight excluding hydrogens is 359 g/mol. The third kappa shape index (κ3) is 4.87. The molecule has 1 fully saturated rings. The first-order valence-electron chi connectivity index (χ1n) is 7.70. The van der Waals surface area contributed by atoms with Gasteiger partial charge in [-0.3, -0.25) is 0 Å². The Kier molecular flexibility index (Phi) is 5.09. The van der Waals surface area contributed by atoms with Crippen LogP contribution >= 0.6 is 0 Å². The summed E-state index contributed by atoms with van der Waals surface area (Å²) in [7, 11) is -3.88. The van der Waals surface area contributed by atoms with Crippen LogP contribution in [0.15, 0.2) is 29.2 Å². The summed E-state index contributed by atoms with van der Waals surface area (Å²) in [5, 5.41) is 1.73. The van der Waals surface area contributed by atoms with Gasteiger partial charge in [0.2, 0.25) is 0 Å². The molecule has 25 heavy (non-hydrogen) atoms. The number of halogens is 3. The highest BCUT2D eigenvalue weighted by Gasteiger charge is 2.41. The average Bonchev–Trinajstić information content (AvgIpc) is 2.39. The van der Waals surface area contributed by atoms with Crippen molar-refractivity contribution < 1.29 is 31.1 Å². The SMILES string of the molecule is CC(C)(C)OC(=O)NC1CC(S(=O)(=O)c2cccc(C(F)(F)F)c2)C1. The van der Waals surface area contributed by atoms with Crippen molar-refractivity contribution in [1.29, 1.82) is 0 Å². The highest BCUT2D eigenvalue weighted by atomic mass is 32.2. The van der Waals surface area contributed by atoms with Crippen LogP contribution < -0.4 is 5.32 Å². The van der Waals surface area contributed by atoms with Gasteiger partial charge in [0.25, 0.3) is 0 Å². The zero-order valence-corrected chi connectivity index (χ0v) is 14.9. The number of nitrogens with one attached hydrogen (secondary N) is 1. The van der Waals surface area contributed by atoms with Crippen molar-refractivity contribution >= 4 is 15.9 Å². The molecule has 0 radical (unpaired) electrons. The maximum atomic E-state index is 12.7. The minimum atomic E-state index is -4.61. The molecule has 1 N–H and O–H groups in total. The first-order chi connectivity index (χ1) is 11.3. The molecule has 0 spiro atoms. The average molecular weight is 379 g/mol. The van der Waals surface area contributed by atoms with Crippen LogP contribution in [0.5, 0.6) is 0 Å². The normalized spacial score (nSPS) is 21.4. The summed E-state index contributed by atoms with van der Waals surface area (Å²) in [6.45, 7) is 5.11. The van der Waals surface area contributed by atoms with Crippen molar-refractivity contribution in [2.45, 2.75) is 61.6 Å². The molecule has 1 aromatic carbocycles. The van der Waals surface area contributed by atoms with Crippen LogP contribution in [0.4, 0.5) is 18.0 Å². The Balaban J connectivity index is 2.01. The van der Waals surface area contributed by atoms with E-state index in [0.29, 0.717) is 6.07 Å². The highest BCUT2D eigenvalue weighted by molar-refractivity contribution is 7.92. The summed E-state index contributed by atoms with van der Waals surface area (Å²) in [5.74, 6) is 0. The monoisotopic (exact) mass is 379 g/mol. The molecular formula is C16H20F3NO4S. The summed E-state index contributed by atoms with van der Waals surface area (Å²) in [4.78, 5) is 11.3. The van der Waals surface area contributed by atoms with Crippen molar-refractivity contribution in [3.63, 3.8) is 0 Å². The third-order valence-electron chi connectivity index (χ3n) is 3.74. The fourth-order valence-electron chi connectivity index (χ4n) is 2.45. The van der Waals surface area contributed by atoms with E-state index in [1.54, 1.807) is 20.8 Å². The number of hydrogen-bond donors (Lipinski definition) is 1. The first kappa shape index (κ1) is 19.6. The number of ether oxygens (including phenoxy) is 1. The van der Waals surface area contributed by atoms with Gasteiger partial charge in [-0.25, -0.2) is 13.2 Å². The topological polar surface area (TPSA) is 72.5 Å². The largest absolute Gasteiger partial charge is 0.444 e. The van der Waals surface area contributed by atoms with E-state index in [1.165, 1.54) is 0 Å². The van der Waals surface area contributed by atoms with Gasteiger partial charge in [0.15, 0.2) is 9.84 Å². The molecule has 0 bridgehead atoms. The molecule has 1 saturated carbocycles. The number of rotatable bonds is 3. The standard InChI is InChI=1S/C16H20F3NO4S/c1-15(2,3)24-14(21)20-11-8-13(9-11)25(22,23)12-6-4-5-10(7-12)16(17,18)19/h4-7,11,13H,8-9H2,1-3H3,(H,20,21). The summed E-state index contributed by atoms with van der Waals surface area (Å²) in [5.41, 5.74) is -1.67. The number of sulfone groups is 1. The Hall–Kier alpha value is -1.77. The molecule has 2 rings (SSSR count). The molecule has 0 heterocycles. The molecule has 1 aromatic rings. The van der Waals surface area contributed by atoms with Crippen LogP contribution in [0.1, 0.15) is 39.2 Å². The van der Waals surface area contributed by atoms with Gasteiger partial charge in [0.1, 0.15) is 5.60 Å². The molecule has 0 unspecified atom stereocenters. The van der Waals surface area contributed by atoms with Crippen molar-refractivity contribution in [3.8, 4) is 0 Å². The molecule has 0 aliphatic heterocycles. The van der Waals surface area contributed by atoms with E-state index >= 15 is 0 Å². The van der Waals surface area contributed by atoms with Crippen LogP contribution in [0.25, 0.3) is 0 Å². The molecule has 0 aromatic heterocycles. The van der Waals surface area contributed by atoms with E-state index in [4.69, 9.17) is 4.74 Å². The lowest BCUT2D eigenvalue weighted by Crippen LogP contribution is -2.50. The number of hydrogen-bond acceptors (Lipinski definition) is 4. The van der Waals surface area contributed by atoms with Crippen LogP contribution in [0, 0.1) is 0 Å². The van der Waals surface area contributed by atoms with Crippen molar-refractivity contribution in [1.82, 2.24) is 5.32 Å². The second kappa shape index (κ2) is 6.51. The Morgan fingerprint density at radius 2 is 1.80 bits per heavy atom. The molecule has 1 aliphatic rings. The van der Waals surface area contributed by atoms with Gasteiger partial charge < -0.3 is 10.1 Å². The van der Waals surface area contributed by atoms with Gasteiger partial charge in [-0.15, -0.1) is 0 Å². The predicted molar refractivity (Wildman–Crippen MR) is 84.8 cm³/mol. The molecule has 1 aliphatic carbocycles. The second-order valence-corrected chi connectivity index (χ2v) is 9.24. The minimum absolute atomic E-state index is 0.137. The number of amides is 1. The Morgan fingerprint density at radius 3 is 2.32 bits per heavy atom. The number of alkyl carbamates (subject to hydrolysis) is 1. The number of benzene rings is 1. The molecule has 1 amide bonds. The minimum Gasteiger partial charge on any atom is -0.444 e. The molecule has 140 valence electrons. The van der Waals surface area contributed by atoms with E-state index in [2.05, 4.69) is 5.32 Å². The molecule has 9 heteroatoms. The third-order valence-corrected chi connectivity index (χ3v) is 5.92. The van der Waals surface area contributed by atoms with Crippen LogP contribution in [0.3, 0.4) is 0 Å². The smallest absolute Gasteiger partial charge is 0.416 e. The summed E-state index contributed by atoms with van der Waals surface area (Å²) >= 11 is 0. The Morgan fingerprint density at radius 1 is 1.20 bits per heavy atom. The zero-order valence-electron chi connectivity index (χ0n) is 14.1. The van der Waals surface area contributed by atoms with Gasteiger partial charge in [-0.2, -0.15) is 13.2 Å². The van der Waals surface area contributed by atoms with Gasteiger partial charge in [-0.05, 0) is 51.8 Å². The van der Waals surface area contributed by atoms with Gasteiger partial charge in [0, 0.05) is 6.04 Å².